The number of carbonyl (C=O) groups is 3. The van der Waals surface area contributed by atoms with Crippen LogP contribution in [0.5, 0.6) is 0 Å². The first-order chi connectivity index (χ1) is 26.6. The molecular weight excluding hydrogens is 691 g/mol. The summed E-state index contributed by atoms with van der Waals surface area (Å²) < 4.78 is 5.93. The topological polar surface area (TPSA) is 111 Å². The molecule has 0 bridgehead atoms. The van der Waals surface area contributed by atoms with Crippen molar-refractivity contribution < 1.29 is 29.3 Å². The standard InChI is InChI=1S/C34H32N2O6.C12H27N/c1-24(34(41,27-18-10-4-11-19-27)28-20-12-5-13-21-28)42-32(39)30-29(31(37)38)35(22-25-14-6-2-7-15-25)33(40)36(30)23-26-16-8-3-9-17-26;1-4-7-10-13(11-8-5-2)12-9-6-3/h2-21,24,29-30,41H,22-23H2,1H3,(H,37,38);4-12H2,1-3H3/t24-,29-,30+;/m0./s1. The second kappa shape index (κ2) is 21.8. The van der Waals surface area contributed by atoms with Crippen LogP contribution in [0, 0.1) is 0 Å². The molecule has 0 spiro atoms. The summed E-state index contributed by atoms with van der Waals surface area (Å²) in [5, 5.41) is 22.5. The molecule has 1 fully saturated rings. The normalized spacial score (nSPS) is 16.1. The highest BCUT2D eigenvalue weighted by molar-refractivity contribution is 5.96. The first-order valence-electron chi connectivity index (χ1n) is 19.8. The molecule has 0 aromatic heterocycles. The van der Waals surface area contributed by atoms with E-state index < -0.39 is 41.8 Å². The van der Waals surface area contributed by atoms with Gasteiger partial charge in [-0.25, -0.2) is 14.4 Å². The van der Waals surface area contributed by atoms with E-state index in [0.29, 0.717) is 11.1 Å². The summed E-state index contributed by atoms with van der Waals surface area (Å²) in [6, 6.07) is 32.2. The van der Waals surface area contributed by atoms with Gasteiger partial charge in [0.1, 0.15) is 6.10 Å². The minimum atomic E-state index is -1.74. The molecule has 0 radical (unpaired) electrons. The highest BCUT2D eigenvalue weighted by Gasteiger charge is 2.55. The Balaban J connectivity index is 0.000000444. The van der Waals surface area contributed by atoms with Gasteiger partial charge in [0.15, 0.2) is 17.7 Å². The van der Waals surface area contributed by atoms with Crippen LogP contribution in [-0.4, -0.2) is 80.7 Å². The van der Waals surface area contributed by atoms with Crippen molar-refractivity contribution in [1.29, 1.82) is 0 Å². The van der Waals surface area contributed by atoms with E-state index in [1.165, 1.54) is 68.0 Å². The van der Waals surface area contributed by atoms with Gasteiger partial charge in [-0.2, -0.15) is 0 Å². The number of carboxylic acid groups (broad SMARTS) is 1. The number of unbranched alkanes of at least 4 members (excludes halogenated alkanes) is 3. The molecule has 1 aliphatic rings. The zero-order valence-electron chi connectivity index (χ0n) is 32.9. The molecule has 0 aliphatic carbocycles. The van der Waals surface area contributed by atoms with Crippen LogP contribution in [0.1, 0.15) is 88.5 Å². The van der Waals surface area contributed by atoms with Crippen LogP contribution in [0.4, 0.5) is 4.79 Å². The van der Waals surface area contributed by atoms with E-state index in [1.54, 1.807) is 91.9 Å². The molecule has 4 aromatic rings. The number of carboxylic acids is 1. The van der Waals surface area contributed by atoms with Crippen molar-refractivity contribution in [3.8, 4) is 0 Å². The number of amides is 2. The average molecular weight is 750 g/mol. The molecule has 55 heavy (non-hydrogen) atoms. The molecule has 9 nitrogen and oxygen atoms in total. The Morgan fingerprint density at radius 3 is 1.38 bits per heavy atom. The lowest BCUT2D eigenvalue weighted by Crippen LogP contribution is -2.51. The number of nitrogens with zero attached hydrogens (tertiary/aromatic N) is 3. The van der Waals surface area contributed by atoms with Crippen LogP contribution in [-0.2, 0) is 33.0 Å². The van der Waals surface area contributed by atoms with Gasteiger partial charge in [-0.15, -0.1) is 0 Å². The number of hydrogen-bond donors (Lipinski definition) is 2. The number of aliphatic hydroxyl groups is 1. The summed E-state index contributed by atoms with van der Waals surface area (Å²) in [4.78, 5) is 45.6. The van der Waals surface area contributed by atoms with Gasteiger partial charge in [0, 0.05) is 13.1 Å². The second-order valence-corrected chi connectivity index (χ2v) is 14.2. The molecule has 1 saturated heterocycles. The number of carbonyl (C=O) groups excluding carboxylic acids is 2. The third kappa shape index (κ3) is 11.5. The van der Waals surface area contributed by atoms with Gasteiger partial charge in [0.2, 0.25) is 0 Å². The maximum Gasteiger partial charge on any atom is 0.332 e. The summed E-state index contributed by atoms with van der Waals surface area (Å²) in [5.41, 5.74) is 0.712. The fourth-order valence-corrected chi connectivity index (χ4v) is 6.99. The molecule has 294 valence electrons. The number of hydrogen-bond acceptors (Lipinski definition) is 6. The van der Waals surface area contributed by atoms with Gasteiger partial charge in [-0.1, -0.05) is 161 Å². The van der Waals surface area contributed by atoms with E-state index in [2.05, 4.69) is 25.7 Å². The predicted molar refractivity (Wildman–Crippen MR) is 217 cm³/mol. The summed E-state index contributed by atoms with van der Waals surface area (Å²) in [7, 11) is 0. The van der Waals surface area contributed by atoms with Crippen LogP contribution < -0.4 is 0 Å². The summed E-state index contributed by atoms with van der Waals surface area (Å²) in [6.45, 7) is 12.3. The number of urea groups is 1. The molecule has 9 heteroatoms. The Kier molecular flexibility index (Phi) is 16.9. The number of aliphatic carboxylic acids is 1. The molecule has 5 rings (SSSR count). The van der Waals surface area contributed by atoms with Crippen molar-refractivity contribution >= 4 is 18.0 Å². The minimum absolute atomic E-state index is 0.000762. The van der Waals surface area contributed by atoms with Crippen molar-refractivity contribution in [3.63, 3.8) is 0 Å². The lowest BCUT2D eigenvalue weighted by atomic mass is 9.82. The van der Waals surface area contributed by atoms with E-state index >= 15 is 0 Å². The predicted octanol–water partition coefficient (Wildman–Crippen LogP) is 8.50. The molecular formula is C46H59N3O6. The molecule has 1 aliphatic heterocycles. The SMILES string of the molecule is CCCCN(CCCC)CCCC.C[C@H](OC(=O)[C@H]1[C@@H](C(=O)O)N(Cc2ccccc2)C(=O)N1Cc1ccccc1)C(O)(c1ccccc1)c1ccccc1. The molecule has 0 unspecified atom stereocenters. The van der Waals surface area contributed by atoms with Crippen LogP contribution in [0.2, 0.25) is 0 Å². The van der Waals surface area contributed by atoms with E-state index in [-0.39, 0.29) is 13.1 Å². The van der Waals surface area contributed by atoms with E-state index in [9.17, 15) is 24.6 Å². The monoisotopic (exact) mass is 749 g/mol. The average Bonchev–Trinajstić information content (AvgIpc) is 3.48. The molecule has 0 saturated carbocycles. The third-order valence-electron chi connectivity index (χ3n) is 10.1. The lowest BCUT2D eigenvalue weighted by molar-refractivity contribution is -0.168. The second-order valence-electron chi connectivity index (χ2n) is 14.2. The molecule has 4 aromatic carbocycles. The highest BCUT2D eigenvalue weighted by Crippen LogP contribution is 2.36. The van der Waals surface area contributed by atoms with Gasteiger partial charge >= 0.3 is 18.0 Å². The minimum Gasteiger partial charge on any atom is -0.480 e. The molecule has 3 atom stereocenters. The van der Waals surface area contributed by atoms with Crippen molar-refractivity contribution in [2.24, 2.45) is 0 Å². The van der Waals surface area contributed by atoms with E-state index in [0.717, 1.165) is 11.1 Å². The Morgan fingerprint density at radius 1 is 0.655 bits per heavy atom. The fraction of sp³-hybridized carbons (Fsp3) is 0.413. The number of benzene rings is 4. The van der Waals surface area contributed by atoms with Crippen LogP contribution in [0.25, 0.3) is 0 Å². The number of ether oxygens (including phenoxy) is 1. The number of rotatable bonds is 19. The first-order valence-corrected chi connectivity index (χ1v) is 19.8. The van der Waals surface area contributed by atoms with Gasteiger partial charge < -0.3 is 29.6 Å². The maximum atomic E-state index is 14.0. The van der Waals surface area contributed by atoms with Crippen LogP contribution in [0.15, 0.2) is 121 Å². The largest absolute Gasteiger partial charge is 0.480 e. The quantitative estimate of drug-likeness (QED) is 0.0926. The highest BCUT2D eigenvalue weighted by atomic mass is 16.6. The van der Waals surface area contributed by atoms with Gasteiger partial charge in [-0.05, 0) is 68.1 Å². The fourth-order valence-electron chi connectivity index (χ4n) is 6.99. The number of esters is 1. The summed E-state index contributed by atoms with van der Waals surface area (Å²) in [5.74, 6) is -2.24. The third-order valence-corrected chi connectivity index (χ3v) is 10.1. The smallest absolute Gasteiger partial charge is 0.332 e. The van der Waals surface area contributed by atoms with Crippen molar-refractivity contribution in [1.82, 2.24) is 14.7 Å². The van der Waals surface area contributed by atoms with Crippen LogP contribution in [0.3, 0.4) is 0 Å². The summed E-state index contributed by atoms with van der Waals surface area (Å²) >= 11 is 0. The zero-order valence-corrected chi connectivity index (χ0v) is 32.9. The van der Waals surface area contributed by atoms with E-state index in [4.69, 9.17) is 4.74 Å². The van der Waals surface area contributed by atoms with E-state index in [1.807, 2.05) is 36.4 Å². The van der Waals surface area contributed by atoms with Crippen molar-refractivity contribution in [2.75, 3.05) is 19.6 Å². The van der Waals surface area contributed by atoms with Crippen molar-refractivity contribution in [2.45, 2.75) is 103 Å². The molecule has 2 N–H and O–H groups in total. The Labute approximate surface area is 327 Å². The van der Waals surface area contributed by atoms with Crippen LogP contribution >= 0.6 is 0 Å². The first kappa shape index (κ1) is 42.7. The Morgan fingerprint density at radius 2 is 1.02 bits per heavy atom. The molecule has 1 heterocycles. The van der Waals surface area contributed by atoms with Gasteiger partial charge in [0.25, 0.3) is 0 Å². The van der Waals surface area contributed by atoms with Gasteiger partial charge in [-0.3, -0.25) is 0 Å². The summed E-state index contributed by atoms with van der Waals surface area (Å²) in [6.07, 6.45) is 6.95. The van der Waals surface area contributed by atoms with Gasteiger partial charge in [0.05, 0.1) is 0 Å². The lowest BCUT2D eigenvalue weighted by Gasteiger charge is -2.36. The van der Waals surface area contributed by atoms with Crippen molar-refractivity contribution in [3.05, 3.63) is 144 Å². The zero-order chi connectivity index (χ0) is 39.6. The Bertz CT molecular complexity index is 1670. The Hall–Kier alpha value is -4.99. The maximum absolute atomic E-state index is 14.0. The molecule has 2 amide bonds.